The van der Waals surface area contributed by atoms with Gasteiger partial charge >= 0.3 is 0 Å². The van der Waals surface area contributed by atoms with Crippen molar-refractivity contribution in [3.63, 3.8) is 0 Å². The number of hydrogen-bond acceptors (Lipinski definition) is 1. The van der Waals surface area contributed by atoms with E-state index in [-0.39, 0.29) is 0 Å². The first-order chi connectivity index (χ1) is 13.3. The Morgan fingerprint density at radius 1 is 0.852 bits per heavy atom. The molecule has 0 aliphatic carbocycles. The summed E-state index contributed by atoms with van der Waals surface area (Å²) < 4.78 is 0. The lowest BCUT2D eigenvalue weighted by molar-refractivity contribution is 1.01. The molecule has 0 radical (unpaired) electrons. The molecule has 1 heterocycles. The topological polar surface area (TPSA) is 3.24 Å². The number of rotatable bonds is 4. The molecule has 3 aromatic carbocycles. The molecule has 0 spiro atoms. The molecule has 0 bridgehead atoms. The average Bonchev–Trinajstić information content (AvgIpc) is 2.74. The van der Waals surface area contributed by atoms with E-state index in [1.54, 1.807) is 0 Å². The van der Waals surface area contributed by atoms with Crippen LogP contribution in [0.25, 0.3) is 22.4 Å². The Hall–Kier alpha value is -3.06. The largest absolute Gasteiger partial charge is 0.348 e. The van der Waals surface area contributed by atoms with Crippen LogP contribution in [0.1, 0.15) is 30.5 Å². The van der Waals surface area contributed by atoms with E-state index in [0.29, 0.717) is 0 Å². The molecule has 0 amide bonds. The van der Waals surface area contributed by atoms with Crippen LogP contribution in [0.4, 0.5) is 5.69 Å². The Balaban J connectivity index is 1.70. The molecule has 0 atom stereocenters. The SMILES string of the molecule is CCc1ccc(/C=C/C=C2\C=CN(CC)c3ccccc32)c2ccccc12. The monoisotopic (exact) mass is 351 g/mol. The lowest BCUT2D eigenvalue weighted by Gasteiger charge is -2.26. The molecule has 27 heavy (non-hydrogen) atoms. The van der Waals surface area contributed by atoms with Gasteiger partial charge in [0.05, 0.1) is 0 Å². The van der Waals surface area contributed by atoms with Gasteiger partial charge in [0.2, 0.25) is 0 Å². The fraction of sp³-hybridized carbons (Fsp3) is 0.154. The van der Waals surface area contributed by atoms with Gasteiger partial charge in [0.15, 0.2) is 0 Å². The average molecular weight is 351 g/mol. The molecule has 134 valence electrons. The predicted octanol–water partition coefficient (Wildman–Crippen LogP) is 6.85. The minimum absolute atomic E-state index is 0.979. The number of aryl methyl sites for hydroxylation is 1. The highest BCUT2D eigenvalue weighted by molar-refractivity contribution is 5.93. The van der Waals surface area contributed by atoms with Crippen molar-refractivity contribution in [3.8, 4) is 0 Å². The highest BCUT2D eigenvalue weighted by atomic mass is 15.1. The zero-order chi connectivity index (χ0) is 18.6. The van der Waals surface area contributed by atoms with Crippen LogP contribution in [-0.4, -0.2) is 6.54 Å². The number of fused-ring (bicyclic) bond motifs is 2. The maximum Gasteiger partial charge on any atom is 0.0485 e. The fourth-order valence-electron chi connectivity index (χ4n) is 3.82. The molecule has 1 aliphatic heterocycles. The molecule has 3 aromatic rings. The predicted molar refractivity (Wildman–Crippen MR) is 119 cm³/mol. The second-order valence-electron chi connectivity index (χ2n) is 6.81. The summed E-state index contributed by atoms with van der Waals surface area (Å²) in [5.41, 5.74) is 6.49. The van der Waals surface area contributed by atoms with E-state index in [1.807, 2.05) is 0 Å². The Morgan fingerprint density at radius 2 is 1.63 bits per heavy atom. The summed E-state index contributed by atoms with van der Waals surface area (Å²) in [4.78, 5) is 2.29. The molecular weight excluding hydrogens is 326 g/mol. The van der Waals surface area contributed by atoms with Crippen LogP contribution in [0.15, 0.2) is 85.1 Å². The van der Waals surface area contributed by atoms with Gasteiger partial charge in [0, 0.05) is 24.0 Å². The molecule has 0 saturated heterocycles. The molecule has 0 unspecified atom stereocenters. The van der Waals surface area contributed by atoms with Crippen molar-refractivity contribution in [2.45, 2.75) is 20.3 Å². The van der Waals surface area contributed by atoms with Crippen molar-refractivity contribution in [1.82, 2.24) is 0 Å². The van der Waals surface area contributed by atoms with E-state index in [9.17, 15) is 0 Å². The van der Waals surface area contributed by atoms with Gasteiger partial charge in [-0.15, -0.1) is 0 Å². The molecular formula is C26H25N. The van der Waals surface area contributed by atoms with Gasteiger partial charge in [-0.3, -0.25) is 0 Å². The quantitative estimate of drug-likeness (QED) is 0.496. The van der Waals surface area contributed by atoms with E-state index in [1.165, 1.54) is 38.7 Å². The van der Waals surface area contributed by atoms with E-state index in [0.717, 1.165) is 13.0 Å². The minimum atomic E-state index is 0.979. The normalized spacial score (nSPS) is 15.0. The molecule has 1 nitrogen and oxygen atoms in total. The number of anilines is 1. The molecule has 4 rings (SSSR count). The number of benzene rings is 3. The van der Waals surface area contributed by atoms with Crippen LogP contribution < -0.4 is 4.90 Å². The number of nitrogens with zero attached hydrogens (tertiary/aromatic N) is 1. The van der Waals surface area contributed by atoms with Gasteiger partial charge in [-0.1, -0.05) is 79.7 Å². The summed E-state index contributed by atoms with van der Waals surface area (Å²) in [5, 5.41) is 2.68. The summed E-state index contributed by atoms with van der Waals surface area (Å²) in [5.74, 6) is 0. The first kappa shape index (κ1) is 17.4. The van der Waals surface area contributed by atoms with E-state index >= 15 is 0 Å². The third-order valence-electron chi connectivity index (χ3n) is 5.28. The summed E-state index contributed by atoms with van der Waals surface area (Å²) in [6, 6.07) is 21.8. The first-order valence-corrected chi connectivity index (χ1v) is 9.75. The Kier molecular flexibility index (Phi) is 4.93. The van der Waals surface area contributed by atoms with Gasteiger partial charge in [0.1, 0.15) is 0 Å². The van der Waals surface area contributed by atoms with Crippen molar-refractivity contribution < 1.29 is 0 Å². The third kappa shape index (κ3) is 3.33. The molecule has 0 aromatic heterocycles. The summed E-state index contributed by atoms with van der Waals surface area (Å²) in [6.45, 7) is 5.38. The van der Waals surface area contributed by atoms with Crippen molar-refractivity contribution >= 4 is 28.1 Å². The van der Waals surface area contributed by atoms with E-state index in [2.05, 4.69) is 110 Å². The highest BCUT2D eigenvalue weighted by Gasteiger charge is 2.13. The molecule has 0 fully saturated rings. The first-order valence-electron chi connectivity index (χ1n) is 9.75. The minimum Gasteiger partial charge on any atom is -0.348 e. The van der Waals surface area contributed by atoms with Gasteiger partial charge in [-0.05, 0) is 53.0 Å². The van der Waals surface area contributed by atoms with Crippen molar-refractivity contribution in [1.29, 1.82) is 0 Å². The Labute approximate surface area is 162 Å². The van der Waals surface area contributed by atoms with Crippen LogP contribution >= 0.6 is 0 Å². The van der Waals surface area contributed by atoms with Crippen LogP contribution in [0, 0.1) is 0 Å². The number of allylic oxidation sites excluding steroid dienone is 4. The van der Waals surface area contributed by atoms with Gasteiger partial charge < -0.3 is 4.90 Å². The van der Waals surface area contributed by atoms with E-state index in [4.69, 9.17) is 0 Å². The maximum atomic E-state index is 2.29. The van der Waals surface area contributed by atoms with Gasteiger partial charge in [-0.25, -0.2) is 0 Å². The summed E-state index contributed by atoms with van der Waals surface area (Å²) >= 11 is 0. The third-order valence-corrected chi connectivity index (χ3v) is 5.28. The smallest absolute Gasteiger partial charge is 0.0485 e. The van der Waals surface area contributed by atoms with Crippen LogP contribution in [0.5, 0.6) is 0 Å². The number of para-hydroxylation sites is 1. The Bertz CT molecular complexity index is 1050. The zero-order valence-electron chi connectivity index (χ0n) is 16.0. The molecule has 1 heteroatoms. The zero-order valence-corrected chi connectivity index (χ0v) is 16.0. The van der Waals surface area contributed by atoms with Gasteiger partial charge in [-0.2, -0.15) is 0 Å². The van der Waals surface area contributed by atoms with Crippen LogP contribution in [-0.2, 0) is 6.42 Å². The second-order valence-corrected chi connectivity index (χ2v) is 6.81. The van der Waals surface area contributed by atoms with Crippen molar-refractivity contribution in [2.24, 2.45) is 0 Å². The number of hydrogen-bond donors (Lipinski definition) is 0. The molecule has 0 N–H and O–H groups in total. The summed E-state index contributed by atoms with van der Waals surface area (Å²) in [6.07, 6.45) is 12.0. The molecule has 1 aliphatic rings. The standard InChI is InChI=1S/C26H25N/c1-3-20-16-17-21(24-13-6-5-12-23(20)24)10-9-11-22-18-19-27(4-2)26-15-8-7-14-25(22)26/h5-19H,3-4H2,1-2H3/b10-9+,22-11+. The van der Waals surface area contributed by atoms with Crippen LogP contribution in [0.3, 0.4) is 0 Å². The van der Waals surface area contributed by atoms with Crippen molar-refractivity contribution in [2.75, 3.05) is 11.4 Å². The molecule has 0 saturated carbocycles. The maximum absolute atomic E-state index is 2.29. The Morgan fingerprint density at radius 3 is 2.44 bits per heavy atom. The second kappa shape index (κ2) is 7.67. The van der Waals surface area contributed by atoms with Crippen LogP contribution in [0.2, 0.25) is 0 Å². The lowest BCUT2D eigenvalue weighted by atomic mass is 9.97. The fourth-order valence-corrected chi connectivity index (χ4v) is 3.82. The van der Waals surface area contributed by atoms with Gasteiger partial charge in [0.25, 0.3) is 0 Å². The van der Waals surface area contributed by atoms with Crippen molar-refractivity contribution in [3.05, 3.63) is 102 Å². The van der Waals surface area contributed by atoms with E-state index < -0.39 is 0 Å². The lowest BCUT2D eigenvalue weighted by Crippen LogP contribution is -2.18. The highest BCUT2D eigenvalue weighted by Crippen LogP contribution is 2.32. The summed E-state index contributed by atoms with van der Waals surface area (Å²) in [7, 11) is 0.